The smallest absolute Gasteiger partial charge is 0.240 e. The number of anilines is 3. The van der Waals surface area contributed by atoms with E-state index < -0.39 is 10.0 Å². The van der Waals surface area contributed by atoms with E-state index in [-0.39, 0.29) is 4.90 Å². The summed E-state index contributed by atoms with van der Waals surface area (Å²) in [5.74, 6) is 0.731. The lowest BCUT2D eigenvalue weighted by molar-refractivity contribution is 0.147. The fraction of sp³-hybridized carbons (Fsp3) is 0.500. The molecule has 1 heterocycles. The minimum Gasteiger partial charge on any atom is -0.382 e. The van der Waals surface area contributed by atoms with Crippen LogP contribution in [0.15, 0.2) is 35.4 Å². The van der Waals surface area contributed by atoms with E-state index in [4.69, 9.17) is 4.74 Å². The largest absolute Gasteiger partial charge is 0.382 e. The van der Waals surface area contributed by atoms with Gasteiger partial charge >= 0.3 is 0 Å². The number of rotatable bonds is 15. The van der Waals surface area contributed by atoms with Crippen molar-refractivity contribution < 1.29 is 13.2 Å². The fourth-order valence-corrected chi connectivity index (χ4v) is 3.87. The molecule has 1 aromatic carbocycles. The van der Waals surface area contributed by atoms with Crippen molar-refractivity contribution in [3.8, 4) is 6.07 Å². The van der Waals surface area contributed by atoms with Crippen molar-refractivity contribution >= 4 is 27.5 Å². The molecule has 0 saturated carbocycles. The van der Waals surface area contributed by atoms with Crippen LogP contribution in [0.5, 0.6) is 0 Å². The maximum absolute atomic E-state index is 12.5. The summed E-state index contributed by atoms with van der Waals surface area (Å²) in [4.78, 5) is 8.71. The second-order valence-corrected chi connectivity index (χ2v) is 9.32. The number of aromatic nitrogens is 2. The van der Waals surface area contributed by atoms with Crippen molar-refractivity contribution in [1.29, 1.82) is 5.26 Å². The molecule has 11 heteroatoms. The van der Waals surface area contributed by atoms with Crippen molar-refractivity contribution in [3.63, 3.8) is 0 Å². The molecule has 33 heavy (non-hydrogen) atoms. The van der Waals surface area contributed by atoms with Gasteiger partial charge in [0.25, 0.3) is 0 Å². The Morgan fingerprint density at radius 3 is 2.55 bits per heavy atom. The van der Waals surface area contributed by atoms with E-state index in [1.807, 2.05) is 20.8 Å². The van der Waals surface area contributed by atoms with Gasteiger partial charge in [-0.2, -0.15) is 10.2 Å². The van der Waals surface area contributed by atoms with Crippen LogP contribution in [0.1, 0.15) is 39.2 Å². The standard InChI is InChI=1S/C22H33N7O3S/c1-4-32-14-6-12-25-21-18(15-23)16-26-22(29-21)28-19-7-9-20(10-8-19)33(30,31)27-13-5-11-24-17(2)3/h7-10,16-17,24,27H,4-6,11-14H2,1-3H3,(H2,25,26,28,29). The maximum Gasteiger partial charge on any atom is 0.240 e. The highest BCUT2D eigenvalue weighted by atomic mass is 32.2. The lowest BCUT2D eigenvalue weighted by Crippen LogP contribution is -2.29. The molecule has 0 bridgehead atoms. The van der Waals surface area contributed by atoms with Gasteiger partial charge in [0.05, 0.1) is 11.1 Å². The first kappa shape index (κ1) is 26.5. The molecule has 0 radical (unpaired) electrons. The Morgan fingerprint density at radius 2 is 1.88 bits per heavy atom. The number of hydrogen-bond acceptors (Lipinski definition) is 9. The number of sulfonamides is 1. The fourth-order valence-electron chi connectivity index (χ4n) is 2.80. The average molecular weight is 476 g/mol. The van der Waals surface area contributed by atoms with E-state index in [0.717, 1.165) is 13.0 Å². The van der Waals surface area contributed by atoms with Gasteiger partial charge in [0, 0.05) is 38.0 Å². The molecule has 2 aromatic rings. The molecule has 0 aliphatic rings. The minimum absolute atomic E-state index is 0.183. The maximum atomic E-state index is 12.5. The zero-order valence-corrected chi connectivity index (χ0v) is 20.2. The third kappa shape index (κ3) is 9.31. The van der Waals surface area contributed by atoms with E-state index in [9.17, 15) is 13.7 Å². The molecule has 0 atom stereocenters. The van der Waals surface area contributed by atoms with Gasteiger partial charge < -0.3 is 20.7 Å². The van der Waals surface area contributed by atoms with Crippen LogP contribution in [0.25, 0.3) is 0 Å². The molecule has 0 aliphatic heterocycles. The molecule has 1 aromatic heterocycles. The Balaban J connectivity index is 1.95. The lowest BCUT2D eigenvalue weighted by Gasteiger charge is -2.11. The molecule has 0 aliphatic carbocycles. The number of nitrogens with zero attached hydrogens (tertiary/aromatic N) is 3. The number of hydrogen-bond donors (Lipinski definition) is 4. The molecule has 0 unspecified atom stereocenters. The van der Waals surface area contributed by atoms with Crippen LogP contribution in [-0.2, 0) is 14.8 Å². The van der Waals surface area contributed by atoms with Gasteiger partial charge in [0.2, 0.25) is 16.0 Å². The minimum atomic E-state index is -3.58. The molecular weight excluding hydrogens is 442 g/mol. The predicted octanol–water partition coefficient (Wildman–Crippen LogP) is 2.60. The first-order chi connectivity index (χ1) is 15.9. The number of benzene rings is 1. The Bertz CT molecular complexity index is 1010. The number of ether oxygens (including phenoxy) is 1. The Morgan fingerprint density at radius 1 is 1.12 bits per heavy atom. The summed E-state index contributed by atoms with van der Waals surface area (Å²) in [6.07, 6.45) is 2.93. The summed E-state index contributed by atoms with van der Waals surface area (Å²) in [6, 6.07) is 8.77. The summed E-state index contributed by atoms with van der Waals surface area (Å²) in [5.41, 5.74) is 0.968. The monoisotopic (exact) mass is 475 g/mol. The Hall–Kier alpha value is -2.78. The topological polar surface area (TPSA) is 141 Å². The highest BCUT2D eigenvalue weighted by Gasteiger charge is 2.13. The first-order valence-electron chi connectivity index (χ1n) is 11.0. The summed E-state index contributed by atoms with van der Waals surface area (Å²) < 4.78 is 32.8. The van der Waals surface area contributed by atoms with E-state index in [1.54, 1.807) is 12.1 Å². The first-order valence-corrected chi connectivity index (χ1v) is 12.5. The molecule has 0 fully saturated rings. The van der Waals surface area contributed by atoms with Crippen LogP contribution in [0.2, 0.25) is 0 Å². The second-order valence-electron chi connectivity index (χ2n) is 7.55. The van der Waals surface area contributed by atoms with Gasteiger partial charge in [0.15, 0.2) is 0 Å². The summed E-state index contributed by atoms with van der Waals surface area (Å²) in [5, 5.41) is 18.7. The summed E-state index contributed by atoms with van der Waals surface area (Å²) in [7, 11) is -3.58. The lowest BCUT2D eigenvalue weighted by atomic mass is 10.3. The number of nitrogens with one attached hydrogen (secondary N) is 4. The van der Waals surface area contributed by atoms with Gasteiger partial charge in [-0.15, -0.1) is 0 Å². The van der Waals surface area contributed by atoms with Gasteiger partial charge in [-0.3, -0.25) is 0 Å². The van der Waals surface area contributed by atoms with E-state index >= 15 is 0 Å². The predicted molar refractivity (Wildman–Crippen MR) is 129 cm³/mol. The average Bonchev–Trinajstić information content (AvgIpc) is 2.79. The Labute approximate surface area is 196 Å². The summed E-state index contributed by atoms with van der Waals surface area (Å²) >= 11 is 0. The van der Waals surface area contributed by atoms with Gasteiger partial charge in [-0.1, -0.05) is 13.8 Å². The Kier molecular flexibility index (Phi) is 11.0. The SMILES string of the molecule is CCOCCCNc1nc(Nc2ccc(S(=O)(=O)NCCCNC(C)C)cc2)ncc1C#N. The van der Waals surface area contributed by atoms with Crippen molar-refractivity contribution in [2.75, 3.05) is 43.5 Å². The zero-order chi connectivity index (χ0) is 24.1. The quantitative estimate of drug-likeness (QED) is 0.286. The zero-order valence-electron chi connectivity index (χ0n) is 19.4. The molecule has 0 amide bonds. The van der Waals surface area contributed by atoms with Crippen molar-refractivity contribution in [2.24, 2.45) is 0 Å². The molecule has 2 rings (SSSR count). The van der Waals surface area contributed by atoms with E-state index in [2.05, 4.69) is 36.7 Å². The van der Waals surface area contributed by atoms with Crippen LogP contribution in [0, 0.1) is 11.3 Å². The highest BCUT2D eigenvalue weighted by Crippen LogP contribution is 2.19. The van der Waals surface area contributed by atoms with Crippen molar-refractivity contribution in [3.05, 3.63) is 36.0 Å². The third-order valence-corrected chi connectivity index (χ3v) is 5.97. The summed E-state index contributed by atoms with van der Waals surface area (Å²) in [6.45, 7) is 9.04. The van der Waals surface area contributed by atoms with E-state index in [0.29, 0.717) is 61.8 Å². The molecule has 0 saturated heterocycles. The van der Waals surface area contributed by atoms with Crippen LogP contribution < -0.4 is 20.7 Å². The normalized spacial score (nSPS) is 11.4. The third-order valence-electron chi connectivity index (χ3n) is 4.49. The van der Waals surface area contributed by atoms with Crippen LogP contribution >= 0.6 is 0 Å². The van der Waals surface area contributed by atoms with Crippen molar-refractivity contribution in [2.45, 2.75) is 44.6 Å². The molecular formula is C22H33N7O3S. The van der Waals surface area contributed by atoms with E-state index in [1.165, 1.54) is 18.3 Å². The van der Waals surface area contributed by atoms with Crippen LogP contribution in [-0.4, -0.2) is 57.3 Å². The number of nitriles is 1. The second kappa shape index (κ2) is 13.7. The van der Waals surface area contributed by atoms with Crippen LogP contribution in [0.4, 0.5) is 17.5 Å². The molecule has 10 nitrogen and oxygen atoms in total. The molecule has 4 N–H and O–H groups in total. The van der Waals surface area contributed by atoms with Gasteiger partial charge in [-0.25, -0.2) is 18.1 Å². The van der Waals surface area contributed by atoms with Crippen molar-refractivity contribution in [1.82, 2.24) is 20.0 Å². The van der Waals surface area contributed by atoms with Gasteiger partial charge in [0.1, 0.15) is 17.5 Å². The highest BCUT2D eigenvalue weighted by molar-refractivity contribution is 7.89. The molecule has 180 valence electrons. The van der Waals surface area contributed by atoms with Gasteiger partial charge in [-0.05, 0) is 50.6 Å². The van der Waals surface area contributed by atoms with Crippen LogP contribution in [0.3, 0.4) is 0 Å². The molecule has 0 spiro atoms.